The van der Waals surface area contributed by atoms with Crippen molar-refractivity contribution < 1.29 is 8.83 Å². The van der Waals surface area contributed by atoms with Gasteiger partial charge in [0, 0.05) is 49.4 Å². The van der Waals surface area contributed by atoms with Crippen LogP contribution in [0.25, 0.3) is 98.4 Å². The van der Waals surface area contributed by atoms with Gasteiger partial charge in [-0.25, -0.2) is 0 Å². The predicted molar refractivity (Wildman–Crippen MR) is 306 cm³/mol. The normalized spacial score (nSPS) is 12.9. The molecule has 0 aliphatic heterocycles. The van der Waals surface area contributed by atoms with Crippen molar-refractivity contribution in [3.05, 3.63) is 254 Å². The first-order valence-electron chi connectivity index (χ1n) is 25.2. The number of fused-ring (bicyclic) bond motifs is 11. The first kappa shape index (κ1) is 41.4. The molecule has 0 saturated carbocycles. The molecule has 0 N–H and O–H groups in total. The molecule has 0 radical (unpaired) electrons. The van der Waals surface area contributed by atoms with E-state index in [1.807, 2.05) is 12.1 Å². The largest absolute Gasteiger partial charge is 0.454 e. The monoisotopic (exact) mass is 934 g/mol. The summed E-state index contributed by atoms with van der Waals surface area (Å²) in [5.74, 6) is 0. The van der Waals surface area contributed by atoms with Gasteiger partial charge in [0.15, 0.2) is 11.2 Å². The average molecular weight is 935 g/mol. The van der Waals surface area contributed by atoms with E-state index in [0.29, 0.717) is 0 Å². The summed E-state index contributed by atoms with van der Waals surface area (Å²) in [5, 5.41) is 11.7. The Hall–Kier alpha value is -9.38. The van der Waals surface area contributed by atoms with Crippen molar-refractivity contribution in [1.29, 1.82) is 0 Å². The number of hydrogen-bond donors (Lipinski definition) is 0. The lowest BCUT2D eigenvalue weighted by molar-refractivity contribution is 0.645. The Balaban J connectivity index is 0.990. The van der Waals surface area contributed by atoms with Crippen LogP contribution in [0.5, 0.6) is 0 Å². The predicted octanol–water partition coefficient (Wildman–Crippen LogP) is 19.9. The summed E-state index contributed by atoms with van der Waals surface area (Å²) in [6, 6.07) is 87.9. The molecule has 73 heavy (non-hydrogen) atoms. The second kappa shape index (κ2) is 15.8. The number of rotatable bonds is 7. The summed E-state index contributed by atoms with van der Waals surface area (Å²) in [4.78, 5) is 4.78. The quantitative estimate of drug-likeness (QED) is 0.149. The molecule has 0 bridgehead atoms. The summed E-state index contributed by atoms with van der Waals surface area (Å²) in [6.07, 6.45) is 0. The van der Waals surface area contributed by atoms with Crippen LogP contribution < -0.4 is 9.80 Å². The lowest BCUT2D eigenvalue weighted by atomic mass is 9.66. The Bertz CT molecular complexity index is 4540. The van der Waals surface area contributed by atoms with E-state index in [1.54, 1.807) is 0 Å². The molecule has 0 fully saturated rings. The van der Waals surface area contributed by atoms with Gasteiger partial charge in [0.2, 0.25) is 0 Å². The lowest BCUT2D eigenvalue weighted by Crippen LogP contribution is -2.25. The average Bonchev–Trinajstić information content (AvgIpc) is 4.05. The van der Waals surface area contributed by atoms with Crippen LogP contribution in [0.15, 0.2) is 251 Å². The van der Waals surface area contributed by atoms with E-state index in [1.165, 1.54) is 65.7 Å². The molecular weight excluding hydrogens is 889 g/mol. The maximum atomic E-state index is 6.82. The molecule has 2 heterocycles. The zero-order valence-corrected chi connectivity index (χ0v) is 40.3. The molecule has 1 aliphatic carbocycles. The summed E-state index contributed by atoms with van der Waals surface area (Å²) in [7, 11) is 0. The number of benzene rings is 12. The van der Waals surface area contributed by atoms with Gasteiger partial charge in [-0.15, -0.1) is 0 Å². The highest BCUT2D eigenvalue weighted by Gasteiger charge is 2.37. The van der Waals surface area contributed by atoms with Crippen molar-refractivity contribution in [2.75, 3.05) is 9.80 Å². The van der Waals surface area contributed by atoms with Gasteiger partial charge < -0.3 is 18.6 Å². The molecule has 344 valence electrons. The van der Waals surface area contributed by atoms with Gasteiger partial charge in [-0.3, -0.25) is 0 Å². The van der Waals surface area contributed by atoms with Gasteiger partial charge in [0.05, 0.1) is 17.1 Å². The minimum absolute atomic E-state index is 0.389. The third kappa shape index (κ3) is 6.14. The number of anilines is 6. The van der Waals surface area contributed by atoms with E-state index in [4.69, 9.17) is 8.83 Å². The van der Waals surface area contributed by atoms with Crippen molar-refractivity contribution >= 4 is 110 Å². The highest BCUT2D eigenvalue weighted by Crippen LogP contribution is 2.57. The maximum absolute atomic E-state index is 6.82. The number of nitrogens with zero attached hydrogens (tertiary/aromatic N) is 2. The first-order chi connectivity index (χ1) is 36.0. The van der Waals surface area contributed by atoms with E-state index in [9.17, 15) is 0 Å². The highest BCUT2D eigenvalue weighted by molar-refractivity contribution is 6.25. The fraction of sp³-hybridized carbons (Fsp3) is 0.0435. The molecule has 15 rings (SSSR count). The number of para-hydroxylation sites is 5. The van der Waals surface area contributed by atoms with Crippen LogP contribution in [-0.2, 0) is 5.41 Å². The Morgan fingerprint density at radius 2 is 0.863 bits per heavy atom. The van der Waals surface area contributed by atoms with Crippen molar-refractivity contribution in [3.63, 3.8) is 0 Å². The topological polar surface area (TPSA) is 32.8 Å². The Morgan fingerprint density at radius 3 is 1.59 bits per heavy atom. The standard InChI is InChI=1S/C69H46N2O2/c1-69(2)57-31-16-28-51-56-41-46(70(45-23-7-4-8-24-45)60-33-17-29-53-49-26-11-13-35-62(49)72-67(53)60)37-39-52(56)64(44-20-5-3-6-21-44)66(65(51)57)55-40-38-47(42-58(55)69)71(59-32-15-22-43-19-9-10-25-48(43)59)61-34-18-30-54-50-27-12-14-36-63(50)73-68(54)61/h3-42H,1-2H3. The van der Waals surface area contributed by atoms with E-state index in [-0.39, 0.29) is 5.41 Å². The molecule has 0 saturated heterocycles. The van der Waals surface area contributed by atoms with Crippen LogP contribution in [0.2, 0.25) is 0 Å². The molecule has 0 atom stereocenters. The summed E-state index contributed by atoms with van der Waals surface area (Å²) < 4.78 is 13.5. The van der Waals surface area contributed by atoms with E-state index < -0.39 is 0 Å². The maximum Gasteiger partial charge on any atom is 0.159 e. The van der Waals surface area contributed by atoms with Crippen molar-refractivity contribution in [3.8, 4) is 22.3 Å². The third-order valence-corrected chi connectivity index (χ3v) is 15.6. The third-order valence-electron chi connectivity index (χ3n) is 15.6. The van der Waals surface area contributed by atoms with Gasteiger partial charge in [-0.05, 0) is 127 Å². The van der Waals surface area contributed by atoms with Crippen LogP contribution in [-0.4, -0.2) is 0 Å². The smallest absolute Gasteiger partial charge is 0.159 e. The van der Waals surface area contributed by atoms with Crippen LogP contribution in [0.1, 0.15) is 25.0 Å². The minimum atomic E-state index is -0.389. The number of furan rings is 2. The SMILES string of the molecule is CC1(C)c2cc(N(c3cccc4ccccc34)c3cccc4c3oc3ccccc34)ccc2-c2c(-c3ccccc3)c3ccc(N(c4ccccc4)c4cccc5c4oc4ccccc45)cc3c3cccc1c23. The molecule has 0 spiro atoms. The van der Waals surface area contributed by atoms with Crippen LogP contribution in [0, 0.1) is 0 Å². The summed E-state index contributed by atoms with van der Waals surface area (Å²) in [6.45, 7) is 4.81. The fourth-order valence-corrected chi connectivity index (χ4v) is 12.3. The second-order valence-corrected chi connectivity index (χ2v) is 19.9. The van der Waals surface area contributed by atoms with Crippen LogP contribution >= 0.6 is 0 Å². The van der Waals surface area contributed by atoms with Crippen LogP contribution in [0.4, 0.5) is 34.1 Å². The van der Waals surface area contributed by atoms with Crippen molar-refractivity contribution in [2.45, 2.75) is 19.3 Å². The number of hydrogen-bond acceptors (Lipinski definition) is 4. The molecule has 12 aromatic carbocycles. The van der Waals surface area contributed by atoms with Gasteiger partial charge >= 0.3 is 0 Å². The van der Waals surface area contributed by atoms with Gasteiger partial charge in [0.1, 0.15) is 11.2 Å². The molecule has 4 nitrogen and oxygen atoms in total. The lowest BCUT2D eigenvalue weighted by Gasteiger charge is -2.38. The Morgan fingerprint density at radius 1 is 0.329 bits per heavy atom. The zero-order valence-electron chi connectivity index (χ0n) is 40.3. The minimum Gasteiger partial charge on any atom is -0.454 e. The molecular formula is C69H46N2O2. The van der Waals surface area contributed by atoms with Crippen molar-refractivity contribution in [2.24, 2.45) is 0 Å². The van der Waals surface area contributed by atoms with Gasteiger partial charge in [-0.1, -0.05) is 190 Å². The fourth-order valence-electron chi connectivity index (χ4n) is 12.3. The van der Waals surface area contributed by atoms with Crippen molar-refractivity contribution in [1.82, 2.24) is 0 Å². The van der Waals surface area contributed by atoms with E-state index in [0.717, 1.165) is 78.0 Å². The first-order valence-corrected chi connectivity index (χ1v) is 25.2. The molecule has 1 aliphatic rings. The van der Waals surface area contributed by atoms with Gasteiger partial charge in [-0.2, -0.15) is 0 Å². The molecule has 14 aromatic rings. The summed E-state index contributed by atoms with van der Waals surface area (Å²) in [5.41, 5.74) is 16.8. The second-order valence-electron chi connectivity index (χ2n) is 19.9. The summed E-state index contributed by atoms with van der Waals surface area (Å²) >= 11 is 0. The van der Waals surface area contributed by atoms with Gasteiger partial charge in [0.25, 0.3) is 0 Å². The van der Waals surface area contributed by atoms with E-state index in [2.05, 4.69) is 254 Å². The highest BCUT2D eigenvalue weighted by atomic mass is 16.3. The molecule has 4 heteroatoms. The zero-order chi connectivity index (χ0) is 48.4. The molecule has 0 amide bonds. The Kier molecular flexibility index (Phi) is 8.97. The molecule has 2 aromatic heterocycles. The molecule has 0 unspecified atom stereocenters. The van der Waals surface area contributed by atoms with E-state index >= 15 is 0 Å². The van der Waals surface area contributed by atoms with Crippen LogP contribution in [0.3, 0.4) is 0 Å². The Labute approximate surface area is 422 Å².